The average molecular weight is 505 g/mol. The van der Waals surface area contributed by atoms with E-state index in [0.29, 0.717) is 41.1 Å². The maximum absolute atomic E-state index is 13.8. The van der Waals surface area contributed by atoms with Gasteiger partial charge in [-0.25, -0.2) is 9.69 Å². The molecule has 9 nitrogen and oxygen atoms in total. The molecule has 3 aromatic rings. The van der Waals surface area contributed by atoms with Crippen molar-refractivity contribution in [2.45, 2.75) is 59.0 Å². The molecule has 2 atom stereocenters. The van der Waals surface area contributed by atoms with Gasteiger partial charge in [0.05, 0.1) is 25.3 Å². The van der Waals surface area contributed by atoms with E-state index in [1.54, 1.807) is 18.1 Å². The van der Waals surface area contributed by atoms with Crippen LogP contribution in [0.4, 0.5) is 10.5 Å². The topological polar surface area (TPSA) is 98.0 Å². The summed E-state index contributed by atoms with van der Waals surface area (Å²) in [6.07, 6.45) is 3.48. The third-order valence-electron chi connectivity index (χ3n) is 7.35. The molecule has 5 rings (SSSR count). The number of aryl methyl sites for hydroxylation is 2. The summed E-state index contributed by atoms with van der Waals surface area (Å²) in [6, 6.07) is 10.6. The number of carbonyl (C=O) groups is 2. The fourth-order valence-electron chi connectivity index (χ4n) is 5.25. The number of imide groups is 1. The van der Waals surface area contributed by atoms with Gasteiger partial charge in [0, 0.05) is 11.6 Å². The summed E-state index contributed by atoms with van der Waals surface area (Å²) in [5.41, 5.74) is 3.45. The van der Waals surface area contributed by atoms with E-state index in [2.05, 4.69) is 10.1 Å². The van der Waals surface area contributed by atoms with Crippen molar-refractivity contribution in [3.8, 4) is 22.9 Å². The Morgan fingerprint density at radius 3 is 2.59 bits per heavy atom. The number of ether oxygens (including phenoxy) is 2. The summed E-state index contributed by atoms with van der Waals surface area (Å²) in [6.45, 7) is 6.56. The molecule has 0 N–H and O–H groups in total. The van der Waals surface area contributed by atoms with Crippen LogP contribution < -0.4 is 14.4 Å². The van der Waals surface area contributed by atoms with Gasteiger partial charge >= 0.3 is 6.03 Å². The van der Waals surface area contributed by atoms with E-state index in [-0.39, 0.29) is 30.4 Å². The zero-order valence-corrected chi connectivity index (χ0v) is 21.7. The Morgan fingerprint density at radius 1 is 1.03 bits per heavy atom. The van der Waals surface area contributed by atoms with Crippen molar-refractivity contribution >= 4 is 17.6 Å². The van der Waals surface area contributed by atoms with Crippen molar-refractivity contribution in [2.75, 3.05) is 18.6 Å². The van der Waals surface area contributed by atoms with Crippen molar-refractivity contribution in [1.29, 1.82) is 0 Å². The van der Waals surface area contributed by atoms with Gasteiger partial charge in [0.1, 0.15) is 6.54 Å². The van der Waals surface area contributed by atoms with Gasteiger partial charge < -0.3 is 18.9 Å². The van der Waals surface area contributed by atoms with Crippen LogP contribution in [0.1, 0.15) is 49.6 Å². The third kappa shape index (κ3) is 4.65. The number of nitrogens with zero attached hydrogens (tertiary/aromatic N) is 4. The Kier molecular flexibility index (Phi) is 6.86. The van der Waals surface area contributed by atoms with Gasteiger partial charge in [0.25, 0.3) is 0 Å². The number of benzene rings is 2. The van der Waals surface area contributed by atoms with Gasteiger partial charge in [-0.05, 0) is 75.1 Å². The van der Waals surface area contributed by atoms with E-state index in [9.17, 15) is 9.59 Å². The lowest BCUT2D eigenvalue weighted by atomic mass is 9.81. The van der Waals surface area contributed by atoms with E-state index < -0.39 is 0 Å². The molecule has 2 fully saturated rings. The Bertz CT molecular complexity index is 1320. The van der Waals surface area contributed by atoms with E-state index in [0.717, 1.165) is 36.8 Å². The fourth-order valence-corrected chi connectivity index (χ4v) is 5.25. The van der Waals surface area contributed by atoms with Gasteiger partial charge in [-0.2, -0.15) is 4.98 Å². The Morgan fingerprint density at radius 2 is 1.84 bits per heavy atom. The van der Waals surface area contributed by atoms with Gasteiger partial charge in [0.2, 0.25) is 17.6 Å². The van der Waals surface area contributed by atoms with Crippen LogP contribution in [0.3, 0.4) is 0 Å². The normalized spacial score (nSPS) is 19.7. The number of hydrogen-bond acceptors (Lipinski definition) is 7. The van der Waals surface area contributed by atoms with E-state index in [4.69, 9.17) is 14.0 Å². The predicted octanol–water partition coefficient (Wildman–Crippen LogP) is 5.29. The van der Waals surface area contributed by atoms with Crippen LogP contribution in [0, 0.1) is 19.8 Å². The standard InChI is InChI=1S/C28H32N4O5/c1-5-36-23-13-11-19(15-24(23)35-4)26-29-25(37-30-26)16-31-22-9-7-6-8-21(22)27(33)32(28(31)34)20-12-10-17(2)18(3)14-20/h10-15,21-22H,5-9,16H2,1-4H3. The van der Waals surface area contributed by atoms with Crippen molar-refractivity contribution in [3.63, 3.8) is 0 Å². The lowest BCUT2D eigenvalue weighted by Crippen LogP contribution is -2.62. The van der Waals surface area contributed by atoms with Crippen LogP contribution >= 0.6 is 0 Å². The molecule has 1 saturated carbocycles. The van der Waals surface area contributed by atoms with E-state index in [1.807, 2.05) is 51.1 Å². The summed E-state index contributed by atoms with van der Waals surface area (Å²) < 4.78 is 16.6. The molecule has 2 unspecified atom stereocenters. The second-order valence-corrected chi connectivity index (χ2v) is 9.62. The largest absolute Gasteiger partial charge is 0.493 e. The zero-order chi connectivity index (χ0) is 26.1. The van der Waals surface area contributed by atoms with Crippen molar-refractivity contribution in [1.82, 2.24) is 15.0 Å². The molecule has 37 heavy (non-hydrogen) atoms. The first kappa shape index (κ1) is 24.8. The summed E-state index contributed by atoms with van der Waals surface area (Å²) in [7, 11) is 1.58. The predicted molar refractivity (Wildman–Crippen MR) is 138 cm³/mol. The van der Waals surface area contributed by atoms with E-state index >= 15 is 0 Å². The molecule has 1 aliphatic heterocycles. The van der Waals surface area contributed by atoms with Crippen LogP contribution in [-0.2, 0) is 11.3 Å². The molecule has 1 saturated heterocycles. The van der Waals surface area contributed by atoms with Crippen molar-refractivity contribution < 1.29 is 23.6 Å². The number of aromatic nitrogens is 2. The summed E-state index contributed by atoms with van der Waals surface area (Å²) in [5.74, 6) is 1.55. The average Bonchev–Trinajstić information content (AvgIpc) is 3.38. The lowest BCUT2D eigenvalue weighted by Gasteiger charge is -2.46. The van der Waals surface area contributed by atoms with Crippen LogP contribution in [-0.4, -0.2) is 46.7 Å². The van der Waals surface area contributed by atoms with Crippen LogP contribution in [0.25, 0.3) is 11.4 Å². The number of hydrogen-bond donors (Lipinski definition) is 0. The molecule has 0 radical (unpaired) electrons. The first-order chi connectivity index (χ1) is 17.9. The molecule has 2 aliphatic rings. The highest BCUT2D eigenvalue weighted by molar-refractivity contribution is 6.17. The highest BCUT2D eigenvalue weighted by Gasteiger charge is 2.48. The quantitative estimate of drug-likeness (QED) is 0.431. The highest BCUT2D eigenvalue weighted by Crippen LogP contribution is 2.38. The first-order valence-electron chi connectivity index (χ1n) is 12.8. The molecule has 1 aliphatic carbocycles. The van der Waals surface area contributed by atoms with Crippen LogP contribution in [0.15, 0.2) is 40.9 Å². The molecule has 2 aromatic carbocycles. The fraction of sp³-hybridized carbons (Fsp3) is 0.429. The molecule has 194 valence electrons. The number of rotatable bonds is 7. The number of urea groups is 1. The third-order valence-corrected chi connectivity index (χ3v) is 7.35. The van der Waals surface area contributed by atoms with Gasteiger partial charge in [-0.15, -0.1) is 0 Å². The van der Waals surface area contributed by atoms with Crippen LogP contribution in [0.5, 0.6) is 11.5 Å². The SMILES string of the molecule is CCOc1ccc(-c2noc(CN3C(=O)N(c4ccc(C)c(C)c4)C(=O)C4CCCCC43)n2)cc1OC. The summed E-state index contributed by atoms with van der Waals surface area (Å²) in [4.78, 5) is 34.9. The molecule has 2 heterocycles. The molecule has 1 aromatic heterocycles. The first-order valence-corrected chi connectivity index (χ1v) is 12.8. The number of anilines is 1. The lowest BCUT2D eigenvalue weighted by molar-refractivity contribution is -0.127. The van der Waals surface area contributed by atoms with Gasteiger partial charge in [-0.1, -0.05) is 24.1 Å². The molecule has 0 bridgehead atoms. The number of amides is 3. The smallest absolute Gasteiger partial charge is 0.332 e. The number of methoxy groups -OCH3 is 1. The monoisotopic (exact) mass is 504 g/mol. The van der Waals surface area contributed by atoms with Crippen molar-refractivity contribution in [2.24, 2.45) is 5.92 Å². The Balaban J connectivity index is 1.43. The molecular formula is C28H32N4O5. The Labute approximate surface area is 216 Å². The molecule has 3 amide bonds. The van der Waals surface area contributed by atoms with Gasteiger partial charge in [-0.3, -0.25) is 4.79 Å². The second-order valence-electron chi connectivity index (χ2n) is 9.62. The Hall–Kier alpha value is -3.88. The molecular weight excluding hydrogens is 472 g/mol. The highest BCUT2D eigenvalue weighted by atomic mass is 16.5. The summed E-state index contributed by atoms with van der Waals surface area (Å²) in [5, 5.41) is 4.14. The number of fused-ring (bicyclic) bond motifs is 1. The maximum Gasteiger partial charge on any atom is 0.332 e. The van der Waals surface area contributed by atoms with Crippen molar-refractivity contribution in [3.05, 3.63) is 53.4 Å². The molecule has 0 spiro atoms. The second kappa shape index (κ2) is 10.2. The zero-order valence-electron chi connectivity index (χ0n) is 21.7. The maximum atomic E-state index is 13.8. The van der Waals surface area contributed by atoms with E-state index in [1.165, 1.54) is 4.90 Å². The minimum absolute atomic E-state index is 0.123. The summed E-state index contributed by atoms with van der Waals surface area (Å²) >= 11 is 0. The number of carbonyl (C=O) groups excluding carboxylic acids is 2. The minimum Gasteiger partial charge on any atom is -0.493 e. The van der Waals surface area contributed by atoms with Crippen LogP contribution in [0.2, 0.25) is 0 Å². The molecule has 9 heteroatoms. The minimum atomic E-state index is -0.348. The van der Waals surface area contributed by atoms with Gasteiger partial charge in [0.15, 0.2) is 11.5 Å².